The minimum absolute atomic E-state index is 0.00539. The van der Waals surface area contributed by atoms with E-state index in [0.717, 1.165) is 41.3 Å². The summed E-state index contributed by atoms with van der Waals surface area (Å²) in [5.74, 6) is 0.430. The monoisotopic (exact) mass is 497 g/mol. The van der Waals surface area contributed by atoms with E-state index in [1.54, 1.807) is 0 Å². The first-order chi connectivity index (χ1) is 18.1. The van der Waals surface area contributed by atoms with Crippen molar-refractivity contribution in [3.05, 3.63) is 83.1 Å². The highest BCUT2D eigenvalue weighted by Gasteiger charge is 2.39. The van der Waals surface area contributed by atoms with Crippen molar-refractivity contribution in [1.29, 1.82) is 0 Å². The molecule has 2 saturated heterocycles. The third kappa shape index (κ3) is 4.93. The van der Waals surface area contributed by atoms with E-state index in [0.29, 0.717) is 39.1 Å². The number of aliphatic hydroxyl groups is 1. The van der Waals surface area contributed by atoms with Gasteiger partial charge in [-0.25, -0.2) is 0 Å². The summed E-state index contributed by atoms with van der Waals surface area (Å²) < 4.78 is 0. The maximum Gasteiger partial charge on any atom is 0.226 e. The van der Waals surface area contributed by atoms with E-state index >= 15 is 0 Å². The molecular weight excluding hydrogens is 462 g/mol. The molecule has 192 valence electrons. The lowest BCUT2D eigenvalue weighted by molar-refractivity contribution is -0.141. The molecule has 0 spiro atoms. The van der Waals surface area contributed by atoms with Crippen LogP contribution in [0.25, 0.3) is 17.3 Å². The Bertz CT molecular complexity index is 1350. The number of nitrogens with one attached hydrogen (secondary N) is 2. The van der Waals surface area contributed by atoms with Gasteiger partial charge in [-0.05, 0) is 36.9 Å². The molecule has 7 heteroatoms. The second-order valence-electron chi connectivity index (χ2n) is 10.7. The molecule has 7 nitrogen and oxygen atoms in total. The van der Waals surface area contributed by atoms with Gasteiger partial charge in [0, 0.05) is 56.0 Å². The molecule has 3 aliphatic heterocycles. The molecule has 2 atom stereocenters. The molecule has 1 aromatic heterocycles. The third-order valence-electron chi connectivity index (χ3n) is 8.22. The van der Waals surface area contributed by atoms with E-state index < -0.39 is 5.60 Å². The molecule has 37 heavy (non-hydrogen) atoms. The number of H-pyrrole nitrogens is 1. The zero-order valence-corrected chi connectivity index (χ0v) is 21.1. The van der Waals surface area contributed by atoms with E-state index in [9.17, 15) is 9.90 Å². The molecule has 6 rings (SSSR count). The van der Waals surface area contributed by atoms with Crippen LogP contribution in [0.5, 0.6) is 0 Å². The van der Waals surface area contributed by atoms with Crippen LogP contribution in [0.2, 0.25) is 0 Å². The fraction of sp³-hybridized carbons (Fsp3) is 0.400. The Hall–Kier alpha value is -3.42. The fourth-order valence-corrected chi connectivity index (χ4v) is 6.14. The van der Waals surface area contributed by atoms with Crippen LogP contribution in [-0.2, 0) is 4.79 Å². The summed E-state index contributed by atoms with van der Waals surface area (Å²) >= 11 is 0. The zero-order valence-electron chi connectivity index (χ0n) is 21.1. The average Bonchev–Trinajstić information content (AvgIpc) is 3.37. The summed E-state index contributed by atoms with van der Waals surface area (Å²) in [6.45, 7) is 3.92. The lowest BCUT2D eigenvalue weighted by atomic mass is 9.80. The molecule has 0 radical (unpaired) electrons. The van der Waals surface area contributed by atoms with Gasteiger partial charge >= 0.3 is 0 Å². The SMILES string of the molecule is O=C([C@@H]1CCNC[C@H]1c1ccccc1)N1CCC(O)(CN2C=c3[nH]cc(-c4ccccc4)c3=NC2)CC1. The van der Waals surface area contributed by atoms with Gasteiger partial charge in [0.05, 0.1) is 16.3 Å². The molecule has 3 aromatic rings. The topological polar surface area (TPSA) is 84.0 Å². The lowest BCUT2D eigenvalue weighted by Gasteiger charge is -2.43. The number of aromatic amines is 1. The number of hydrogen-bond acceptors (Lipinski definition) is 5. The largest absolute Gasteiger partial charge is 0.388 e. The summed E-state index contributed by atoms with van der Waals surface area (Å²) in [5, 5.41) is 16.8. The van der Waals surface area contributed by atoms with Crippen molar-refractivity contribution in [1.82, 2.24) is 20.1 Å². The summed E-state index contributed by atoms with van der Waals surface area (Å²) in [7, 11) is 0. The van der Waals surface area contributed by atoms with Crippen molar-refractivity contribution >= 4 is 12.1 Å². The Balaban J connectivity index is 1.10. The van der Waals surface area contributed by atoms with Gasteiger partial charge in [-0.1, -0.05) is 60.7 Å². The van der Waals surface area contributed by atoms with Crippen molar-refractivity contribution in [2.24, 2.45) is 10.9 Å². The van der Waals surface area contributed by atoms with Gasteiger partial charge in [-0.3, -0.25) is 9.79 Å². The van der Waals surface area contributed by atoms with Gasteiger partial charge in [-0.2, -0.15) is 0 Å². The number of piperidine rings is 2. The number of likely N-dealkylation sites (tertiary alicyclic amines) is 1. The van der Waals surface area contributed by atoms with Gasteiger partial charge in [0.2, 0.25) is 5.91 Å². The maximum absolute atomic E-state index is 13.6. The van der Waals surface area contributed by atoms with Gasteiger partial charge in [-0.15, -0.1) is 0 Å². The van der Waals surface area contributed by atoms with E-state index in [-0.39, 0.29) is 17.7 Å². The Kier molecular flexibility index (Phi) is 6.57. The Labute approximate surface area is 217 Å². The highest BCUT2D eigenvalue weighted by atomic mass is 16.3. The first-order valence-corrected chi connectivity index (χ1v) is 13.4. The Morgan fingerprint density at radius 1 is 1.05 bits per heavy atom. The highest BCUT2D eigenvalue weighted by Crippen LogP contribution is 2.33. The predicted octanol–water partition coefficient (Wildman–Crippen LogP) is 2.06. The maximum atomic E-state index is 13.6. The number of benzene rings is 2. The number of β-amino-alcohol motifs (C(OH)–C–C–N with tert-alkyl or cyclic N) is 1. The van der Waals surface area contributed by atoms with Crippen molar-refractivity contribution in [2.75, 3.05) is 39.4 Å². The van der Waals surface area contributed by atoms with Crippen LogP contribution in [0, 0.1) is 5.92 Å². The quantitative estimate of drug-likeness (QED) is 0.504. The molecule has 0 unspecified atom stereocenters. The highest BCUT2D eigenvalue weighted by molar-refractivity contribution is 5.80. The first kappa shape index (κ1) is 23.9. The normalized spacial score (nSPS) is 23.1. The summed E-state index contributed by atoms with van der Waals surface area (Å²) in [6, 6.07) is 20.7. The van der Waals surface area contributed by atoms with Crippen LogP contribution in [-0.4, -0.2) is 70.8 Å². The van der Waals surface area contributed by atoms with Crippen LogP contribution >= 0.6 is 0 Å². The van der Waals surface area contributed by atoms with Crippen molar-refractivity contribution in [3.63, 3.8) is 0 Å². The second kappa shape index (κ2) is 10.1. The Morgan fingerprint density at radius 2 is 1.78 bits per heavy atom. The van der Waals surface area contributed by atoms with Crippen molar-refractivity contribution in [2.45, 2.75) is 30.8 Å². The molecule has 0 bridgehead atoms. The van der Waals surface area contributed by atoms with Crippen molar-refractivity contribution in [3.8, 4) is 11.1 Å². The number of amides is 1. The number of carbonyl (C=O) groups is 1. The molecular formula is C30H35N5O2. The van der Waals surface area contributed by atoms with Gasteiger partial charge < -0.3 is 25.2 Å². The van der Waals surface area contributed by atoms with E-state index in [4.69, 9.17) is 4.99 Å². The third-order valence-corrected chi connectivity index (χ3v) is 8.22. The van der Waals surface area contributed by atoms with Crippen LogP contribution in [0.1, 0.15) is 30.7 Å². The van der Waals surface area contributed by atoms with Gasteiger partial charge in [0.15, 0.2) is 0 Å². The number of hydrogen-bond donors (Lipinski definition) is 3. The zero-order chi connectivity index (χ0) is 25.2. The predicted molar refractivity (Wildman–Crippen MR) is 144 cm³/mol. The number of nitrogens with zero attached hydrogens (tertiary/aromatic N) is 3. The smallest absolute Gasteiger partial charge is 0.226 e. The number of aromatic nitrogens is 1. The van der Waals surface area contributed by atoms with Gasteiger partial charge in [0.25, 0.3) is 0 Å². The molecule has 3 N–H and O–H groups in total. The Morgan fingerprint density at radius 3 is 2.54 bits per heavy atom. The molecule has 4 heterocycles. The lowest BCUT2D eigenvalue weighted by Crippen LogP contribution is -2.54. The molecule has 3 aliphatic rings. The summed E-state index contributed by atoms with van der Waals surface area (Å²) in [6.07, 6.45) is 6.09. The summed E-state index contributed by atoms with van der Waals surface area (Å²) in [4.78, 5) is 25.8. The fourth-order valence-electron chi connectivity index (χ4n) is 6.14. The molecule has 1 amide bonds. The van der Waals surface area contributed by atoms with Crippen molar-refractivity contribution < 1.29 is 9.90 Å². The van der Waals surface area contributed by atoms with Crippen LogP contribution in [0.15, 0.2) is 71.9 Å². The minimum Gasteiger partial charge on any atom is -0.388 e. The van der Waals surface area contributed by atoms with Gasteiger partial charge in [0.1, 0.15) is 6.67 Å². The second-order valence-corrected chi connectivity index (χ2v) is 10.7. The van der Waals surface area contributed by atoms with Crippen LogP contribution in [0.4, 0.5) is 0 Å². The first-order valence-electron chi connectivity index (χ1n) is 13.4. The standard InChI is InChI=1S/C30H35N5O2/c36-29(24-11-14-31-17-25(24)22-7-3-1-4-8-22)35-15-12-30(37,13-16-35)20-34-19-27-28(33-21-34)26(18-32-27)23-9-5-2-6-10-23/h1-10,18-19,24-25,31-32,37H,11-17,20-21H2/t24-,25+/m1/s1. The molecule has 2 aromatic carbocycles. The van der Waals surface area contributed by atoms with Crippen LogP contribution < -0.4 is 16.0 Å². The summed E-state index contributed by atoms with van der Waals surface area (Å²) in [5.41, 5.74) is 2.64. The van der Waals surface area contributed by atoms with E-state index in [1.807, 2.05) is 35.4 Å². The van der Waals surface area contributed by atoms with E-state index in [1.165, 1.54) is 5.56 Å². The molecule has 0 saturated carbocycles. The van der Waals surface area contributed by atoms with Crippen LogP contribution in [0.3, 0.4) is 0 Å². The molecule has 2 fully saturated rings. The molecule has 0 aliphatic carbocycles. The minimum atomic E-state index is -0.831. The van der Waals surface area contributed by atoms with E-state index in [2.05, 4.69) is 57.8 Å². The number of rotatable bonds is 5. The average molecular weight is 498 g/mol. The number of carbonyl (C=O) groups excluding carboxylic acids is 1. The number of fused-ring (bicyclic) bond motifs is 1.